The van der Waals surface area contributed by atoms with Gasteiger partial charge in [0.15, 0.2) is 0 Å². The Labute approximate surface area is 179 Å². The third kappa shape index (κ3) is 4.58. The lowest BCUT2D eigenvalue weighted by atomic mass is 9.82. The molecular weight excluding hydrogens is 396 g/mol. The van der Waals surface area contributed by atoms with Crippen LogP contribution in [0.1, 0.15) is 48.8 Å². The number of fused-ring (bicyclic) bond motifs is 1. The molecule has 1 amide bonds. The first-order valence-corrected chi connectivity index (χ1v) is 10.2. The Hall–Kier alpha value is -3.68. The second-order valence-electron chi connectivity index (χ2n) is 7.98. The van der Waals surface area contributed by atoms with Crippen molar-refractivity contribution in [3.05, 3.63) is 75.3 Å². The molecule has 2 aromatic carbocycles. The maximum absolute atomic E-state index is 12.6. The molecule has 31 heavy (non-hydrogen) atoms. The molecule has 0 atom stereocenters. The summed E-state index contributed by atoms with van der Waals surface area (Å²) < 4.78 is 0. The number of hydrazone groups is 1. The number of hydrogen-bond donors (Lipinski definition) is 1. The van der Waals surface area contributed by atoms with Crippen LogP contribution < -0.4 is 5.43 Å². The van der Waals surface area contributed by atoms with E-state index in [0.717, 1.165) is 37.7 Å². The first-order valence-electron chi connectivity index (χ1n) is 10.2. The third-order valence-electron chi connectivity index (χ3n) is 5.80. The number of carbonyl (C=O) groups is 2. The highest BCUT2D eigenvalue weighted by atomic mass is 16.6. The number of carbonyl (C=O) groups excluding carboxylic acids is 2. The molecule has 0 saturated heterocycles. The smallest absolute Gasteiger partial charge is 0.288 e. The van der Waals surface area contributed by atoms with Crippen molar-refractivity contribution in [3.63, 3.8) is 0 Å². The first kappa shape index (κ1) is 20.6. The van der Waals surface area contributed by atoms with E-state index in [-0.39, 0.29) is 17.6 Å². The van der Waals surface area contributed by atoms with Crippen LogP contribution in [-0.4, -0.2) is 34.1 Å². The van der Waals surface area contributed by atoms with Crippen molar-refractivity contribution >= 4 is 29.3 Å². The van der Waals surface area contributed by atoms with Crippen molar-refractivity contribution in [2.75, 3.05) is 0 Å². The molecule has 0 radical (unpaired) electrons. The normalized spacial score (nSPS) is 16.7. The Morgan fingerprint density at radius 3 is 2.71 bits per heavy atom. The van der Waals surface area contributed by atoms with Crippen LogP contribution in [-0.2, 0) is 16.0 Å². The van der Waals surface area contributed by atoms with Crippen molar-refractivity contribution in [3.8, 4) is 0 Å². The highest BCUT2D eigenvalue weighted by Gasteiger charge is 2.38. The fraction of sp³-hybridized carbons (Fsp3) is 0.304. The predicted octanol–water partition coefficient (Wildman–Crippen LogP) is 3.36. The fourth-order valence-corrected chi connectivity index (χ4v) is 4.33. The van der Waals surface area contributed by atoms with E-state index in [1.54, 1.807) is 6.07 Å². The molecule has 4 rings (SSSR count). The number of nitro groups is 1. The minimum atomic E-state index is -0.840. The summed E-state index contributed by atoms with van der Waals surface area (Å²) in [7, 11) is 0. The lowest BCUT2D eigenvalue weighted by Gasteiger charge is -2.32. The summed E-state index contributed by atoms with van der Waals surface area (Å²) in [6.07, 6.45) is 6.30. The molecule has 1 aliphatic carbocycles. The molecule has 158 valence electrons. The summed E-state index contributed by atoms with van der Waals surface area (Å²) >= 11 is 0. The second kappa shape index (κ2) is 8.59. The summed E-state index contributed by atoms with van der Waals surface area (Å²) in [5.41, 5.74) is 5.18. The standard InChI is InChI=1S/C23H22N4O4/c28-21(22(29)26-24-15-16-6-5-8-18(12-16)27(30)31)13-20-19-9-2-1-7-17(19)14-23(25-20)10-3-4-11-23/h1-2,5-9,12,15H,3-4,10-11,13-14H2,(H,26,29)/b24-15-. The Morgan fingerprint density at radius 1 is 1.16 bits per heavy atom. The van der Waals surface area contributed by atoms with E-state index in [1.807, 2.05) is 18.2 Å². The molecule has 2 aromatic rings. The molecule has 1 aliphatic heterocycles. The Morgan fingerprint density at radius 2 is 1.94 bits per heavy atom. The van der Waals surface area contributed by atoms with Crippen LogP contribution in [0.5, 0.6) is 0 Å². The monoisotopic (exact) mass is 418 g/mol. The van der Waals surface area contributed by atoms with Crippen LogP contribution >= 0.6 is 0 Å². The largest absolute Gasteiger partial charge is 0.307 e. The molecule has 1 spiro atoms. The second-order valence-corrected chi connectivity index (χ2v) is 7.98. The number of nitrogens with zero attached hydrogens (tertiary/aromatic N) is 3. The van der Waals surface area contributed by atoms with E-state index < -0.39 is 16.6 Å². The number of Topliss-reactive ketones (excluding diaryl/α,β-unsaturated/α-hetero) is 1. The van der Waals surface area contributed by atoms with Crippen molar-refractivity contribution in [2.24, 2.45) is 10.1 Å². The zero-order chi connectivity index (χ0) is 21.8. The van der Waals surface area contributed by atoms with Crippen molar-refractivity contribution in [1.29, 1.82) is 0 Å². The van der Waals surface area contributed by atoms with Gasteiger partial charge in [0, 0.05) is 17.7 Å². The number of hydrogen-bond acceptors (Lipinski definition) is 6. The van der Waals surface area contributed by atoms with Crippen LogP contribution in [0.2, 0.25) is 0 Å². The van der Waals surface area contributed by atoms with Gasteiger partial charge in [0.25, 0.3) is 5.69 Å². The third-order valence-corrected chi connectivity index (χ3v) is 5.80. The SMILES string of the molecule is O=C(CC1=NC2(CCCC2)Cc2ccccc21)C(=O)N/N=C\c1cccc([N+](=O)[O-])c1. The summed E-state index contributed by atoms with van der Waals surface area (Å²) in [6.45, 7) is 0. The number of aliphatic imine (C=N–C) groups is 1. The van der Waals surface area contributed by atoms with Gasteiger partial charge >= 0.3 is 5.91 Å². The van der Waals surface area contributed by atoms with Gasteiger partial charge in [0.05, 0.1) is 28.8 Å². The maximum Gasteiger partial charge on any atom is 0.307 e. The lowest BCUT2D eigenvalue weighted by molar-refractivity contribution is -0.384. The van der Waals surface area contributed by atoms with Crippen LogP contribution in [0.15, 0.2) is 58.6 Å². The number of ketones is 1. The first-order chi connectivity index (χ1) is 15.0. The van der Waals surface area contributed by atoms with E-state index >= 15 is 0 Å². The van der Waals surface area contributed by atoms with Crippen molar-refractivity contribution in [2.45, 2.75) is 44.1 Å². The van der Waals surface area contributed by atoms with Gasteiger partial charge in [0.1, 0.15) is 0 Å². The minimum absolute atomic E-state index is 0.0822. The van der Waals surface area contributed by atoms with E-state index in [9.17, 15) is 19.7 Å². The zero-order valence-corrected chi connectivity index (χ0v) is 16.9. The van der Waals surface area contributed by atoms with Gasteiger partial charge in [-0.2, -0.15) is 5.10 Å². The molecule has 8 heteroatoms. The van der Waals surface area contributed by atoms with Crippen LogP contribution in [0.25, 0.3) is 0 Å². The van der Waals surface area contributed by atoms with E-state index in [2.05, 4.69) is 16.6 Å². The molecule has 0 bridgehead atoms. The summed E-state index contributed by atoms with van der Waals surface area (Å²) in [5, 5.41) is 14.6. The summed E-state index contributed by atoms with van der Waals surface area (Å²) in [4.78, 5) is 40.1. The molecular formula is C23H22N4O4. The predicted molar refractivity (Wildman–Crippen MR) is 116 cm³/mol. The average molecular weight is 418 g/mol. The van der Waals surface area contributed by atoms with Gasteiger partial charge < -0.3 is 0 Å². The van der Waals surface area contributed by atoms with Crippen molar-refractivity contribution in [1.82, 2.24) is 5.43 Å². The van der Waals surface area contributed by atoms with Gasteiger partial charge in [-0.15, -0.1) is 0 Å². The molecule has 0 aromatic heterocycles. The van der Waals surface area contributed by atoms with Crippen LogP contribution in [0.3, 0.4) is 0 Å². The molecule has 1 heterocycles. The minimum Gasteiger partial charge on any atom is -0.288 e. The molecule has 1 saturated carbocycles. The Balaban J connectivity index is 1.44. The molecule has 0 unspecified atom stereocenters. The number of nitro benzene ring substituents is 1. The van der Waals surface area contributed by atoms with Gasteiger partial charge in [-0.05, 0) is 30.4 Å². The van der Waals surface area contributed by atoms with Crippen molar-refractivity contribution < 1.29 is 14.5 Å². The number of rotatable bonds is 6. The van der Waals surface area contributed by atoms with E-state index in [1.165, 1.54) is 30.0 Å². The van der Waals surface area contributed by atoms with Gasteiger partial charge in [-0.3, -0.25) is 24.7 Å². The van der Waals surface area contributed by atoms with Gasteiger partial charge in [-0.1, -0.05) is 49.2 Å². The number of amides is 1. The number of benzene rings is 2. The number of nitrogens with one attached hydrogen (secondary N) is 1. The zero-order valence-electron chi connectivity index (χ0n) is 16.9. The van der Waals surface area contributed by atoms with E-state index in [4.69, 9.17) is 4.99 Å². The van der Waals surface area contributed by atoms with Crippen LogP contribution in [0, 0.1) is 10.1 Å². The van der Waals surface area contributed by atoms with Gasteiger partial charge in [-0.25, -0.2) is 5.43 Å². The highest BCUT2D eigenvalue weighted by molar-refractivity contribution is 6.40. The molecule has 8 nitrogen and oxygen atoms in total. The quantitative estimate of drug-likeness (QED) is 0.335. The van der Waals surface area contributed by atoms with Gasteiger partial charge in [0.2, 0.25) is 5.78 Å². The Bertz CT molecular complexity index is 1100. The topological polar surface area (TPSA) is 114 Å². The number of non-ortho nitro benzene ring substituents is 1. The van der Waals surface area contributed by atoms with E-state index in [0.29, 0.717) is 11.3 Å². The molecule has 2 aliphatic rings. The highest BCUT2D eigenvalue weighted by Crippen LogP contribution is 2.40. The fourth-order valence-electron chi connectivity index (χ4n) is 4.33. The summed E-state index contributed by atoms with van der Waals surface area (Å²) in [5.74, 6) is -1.47. The maximum atomic E-state index is 12.6. The summed E-state index contributed by atoms with van der Waals surface area (Å²) in [6, 6.07) is 13.7. The molecule has 1 fully saturated rings. The lowest BCUT2D eigenvalue weighted by Crippen LogP contribution is -2.35. The Kier molecular flexibility index (Phi) is 5.70. The average Bonchev–Trinajstić information content (AvgIpc) is 3.21. The van der Waals surface area contributed by atoms with Crippen LogP contribution in [0.4, 0.5) is 5.69 Å². The molecule has 1 N–H and O–H groups in total.